The molecule has 5 nitrogen and oxygen atoms in total. The zero-order valence-electron chi connectivity index (χ0n) is 13.5. The molecule has 2 aromatic rings. The second-order valence-electron chi connectivity index (χ2n) is 5.75. The van der Waals surface area contributed by atoms with Gasteiger partial charge in [0.05, 0.1) is 11.4 Å². The Bertz CT molecular complexity index is 845. The molecule has 0 spiro atoms. The molecule has 0 atom stereocenters. The van der Waals surface area contributed by atoms with Crippen LogP contribution in [0.25, 0.3) is 0 Å². The zero-order chi connectivity index (χ0) is 17.2. The number of anilines is 2. The van der Waals surface area contributed by atoms with Crippen molar-refractivity contribution in [1.29, 1.82) is 0 Å². The number of carbonyl (C=O) groups excluding carboxylic acids is 1. The van der Waals surface area contributed by atoms with E-state index in [9.17, 15) is 13.2 Å². The van der Waals surface area contributed by atoms with Gasteiger partial charge in [-0.3, -0.25) is 9.10 Å². The highest BCUT2D eigenvalue weighted by atomic mass is 32.2. The molecule has 0 aromatic heterocycles. The summed E-state index contributed by atoms with van der Waals surface area (Å²) in [6.45, 7) is 2.54. The second kappa shape index (κ2) is 6.65. The van der Waals surface area contributed by atoms with Crippen LogP contribution in [0.4, 0.5) is 11.4 Å². The molecule has 0 radical (unpaired) electrons. The van der Waals surface area contributed by atoms with Crippen molar-refractivity contribution in [3.63, 3.8) is 0 Å². The van der Waals surface area contributed by atoms with Crippen LogP contribution in [0, 0.1) is 0 Å². The van der Waals surface area contributed by atoms with Crippen LogP contribution in [0.15, 0.2) is 48.5 Å². The number of rotatable bonds is 4. The number of para-hydroxylation sites is 1. The summed E-state index contributed by atoms with van der Waals surface area (Å²) in [7, 11) is -3.20. The highest BCUT2D eigenvalue weighted by Gasteiger charge is 2.28. The Balaban J connectivity index is 1.77. The first-order chi connectivity index (χ1) is 11.5. The Morgan fingerprint density at radius 3 is 2.46 bits per heavy atom. The summed E-state index contributed by atoms with van der Waals surface area (Å²) in [4.78, 5) is 12.4. The SMILES string of the molecule is CCc1ccccc1NC(=O)c1ccc(N2CCCS2(=O)=O)cc1. The van der Waals surface area contributed by atoms with E-state index in [1.807, 2.05) is 31.2 Å². The van der Waals surface area contributed by atoms with Crippen LogP contribution in [0.2, 0.25) is 0 Å². The Morgan fingerprint density at radius 1 is 1.12 bits per heavy atom. The third-order valence-corrected chi connectivity index (χ3v) is 6.03. The lowest BCUT2D eigenvalue weighted by molar-refractivity contribution is 0.102. The zero-order valence-corrected chi connectivity index (χ0v) is 14.3. The number of nitrogens with zero attached hydrogens (tertiary/aromatic N) is 1. The van der Waals surface area contributed by atoms with Gasteiger partial charge in [-0.15, -0.1) is 0 Å². The lowest BCUT2D eigenvalue weighted by Crippen LogP contribution is -2.25. The van der Waals surface area contributed by atoms with E-state index >= 15 is 0 Å². The van der Waals surface area contributed by atoms with Crippen molar-refractivity contribution in [2.45, 2.75) is 19.8 Å². The van der Waals surface area contributed by atoms with E-state index < -0.39 is 10.0 Å². The summed E-state index contributed by atoms with van der Waals surface area (Å²) < 4.78 is 25.3. The highest BCUT2D eigenvalue weighted by Crippen LogP contribution is 2.24. The molecule has 0 aliphatic carbocycles. The van der Waals surface area contributed by atoms with E-state index in [-0.39, 0.29) is 11.7 Å². The van der Waals surface area contributed by atoms with Gasteiger partial charge in [-0.25, -0.2) is 8.42 Å². The maximum Gasteiger partial charge on any atom is 0.255 e. The van der Waals surface area contributed by atoms with Gasteiger partial charge in [0.15, 0.2) is 0 Å². The number of sulfonamides is 1. The standard InChI is InChI=1S/C18H20N2O3S/c1-2-14-6-3-4-7-17(14)19-18(21)15-8-10-16(11-9-15)20-12-5-13-24(20,22)23/h3-4,6-11H,2,5,12-13H2,1H3,(H,19,21). The fourth-order valence-electron chi connectivity index (χ4n) is 2.85. The summed E-state index contributed by atoms with van der Waals surface area (Å²) in [5.41, 5.74) is 2.99. The van der Waals surface area contributed by atoms with Crippen molar-refractivity contribution in [3.8, 4) is 0 Å². The number of nitrogens with one attached hydrogen (secondary N) is 1. The lowest BCUT2D eigenvalue weighted by atomic mass is 10.1. The van der Waals surface area contributed by atoms with Crippen LogP contribution in [0.3, 0.4) is 0 Å². The molecule has 0 bridgehead atoms. The van der Waals surface area contributed by atoms with E-state index in [0.29, 0.717) is 24.2 Å². The van der Waals surface area contributed by atoms with Gasteiger partial charge in [-0.05, 0) is 48.7 Å². The van der Waals surface area contributed by atoms with Gasteiger partial charge >= 0.3 is 0 Å². The maximum atomic E-state index is 12.4. The molecule has 2 aromatic carbocycles. The molecule has 0 saturated carbocycles. The third-order valence-electron chi connectivity index (χ3n) is 4.16. The largest absolute Gasteiger partial charge is 0.322 e. The van der Waals surface area contributed by atoms with Gasteiger partial charge in [-0.1, -0.05) is 25.1 Å². The van der Waals surface area contributed by atoms with Crippen molar-refractivity contribution in [1.82, 2.24) is 0 Å². The molecule has 0 unspecified atom stereocenters. The maximum absolute atomic E-state index is 12.4. The number of hydrogen-bond donors (Lipinski definition) is 1. The van der Waals surface area contributed by atoms with Crippen LogP contribution < -0.4 is 9.62 Å². The van der Waals surface area contributed by atoms with Crippen molar-refractivity contribution in [2.24, 2.45) is 0 Å². The topological polar surface area (TPSA) is 66.5 Å². The van der Waals surface area contributed by atoms with Crippen molar-refractivity contribution >= 4 is 27.3 Å². The van der Waals surface area contributed by atoms with Gasteiger partial charge in [0.2, 0.25) is 10.0 Å². The first-order valence-corrected chi connectivity index (χ1v) is 9.62. The summed E-state index contributed by atoms with van der Waals surface area (Å²) in [5.74, 6) is -0.0185. The molecule has 1 fully saturated rings. The Hall–Kier alpha value is -2.34. The summed E-state index contributed by atoms with van der Waals surface area (Å²) >= 11 is 0. The van der Waals surface area contributed by atoms with E-state index in [0.717, 1.165) is 17.7 Å². The minimum absolute atomic E-state index is 0.184. The molecule has 1 aliphatic rings. The molecule has 24 heavy (non-hydrogen) atoms. The molecule has 3 rings (SSSR count). The van der Waals surface area contributed by atoms with Crippen LogP contribution in [-0.4, -0.2) is 26.6 Å². The van der Waals surface area contributed by atoms with Crippen molar-refractivity contribution in [3.05, 3.63) is 59.7 Å². The molecule has 1 saturated heterocycles. The number of carbonyl (C=O) groups is 1. The quantitative estimate of drug-likeness (QED) is 0.927. The second-order valence-corrected chi connectivity index (χ2v) is 7.77. The number of amides is 1. The van der Waals surface area contributed by atoms with Crippen LogP contribution >= 0.6 is 0 Å². The van der Waals surface area contributed by atoms with Crippen LogP contribution in [0.5, 0.6) is 0 Å². The fraction of sp³-hybridized carbons (Fsp3) is 0.278. The van der Waals surface area contributed by atoms with Crippen LogP contribution in [-0.2, 0) is 16.4 Å². The predicted molar refractivity (Wildman–Crippen MR) is 96.0 cm³/mol. The minimum atomic E-state index is -3.20. The fourth-order valence-corrected chi connectivity index (χ4v) is 4.42. The first kappa shape index (κ1) is 16.5. The molecule has 1 heterocycles. The molecule has 6 heteroatoms. The molecule has 1 aliphatic heterocycles. The number of hydrogen-bond acceptors (Lipinski definition) is 3. The summed E-state index contributed by atoms with van der Waals surface area (Å²) in [6.07, 6.45) is 1.47. The van der Waals surface area contributed by atoms with Gasteiger partial charge in [0, 0.05) is 17.8 Å². The average molecular weight is 344 g/mol. The lowest BCUT2D eigenvalue weighted by Gasteiger charge is -2.17. The van der Waals surface area contributed by atoms with E-state index in [1.165, 1.54) is 4.31 Å². The molecular weight excluding hydrogens is 324 g/mol. The smallest absolute Gasteiger partial charge is 0.255 e. The van der Waals surface area contributed by atoms with E-state index in [1.54, 1.807) is 24.3 Å². The average Bonchev–Trinajstić information content (AvgIpc) is 2.94. The van der Waals surface area contributed by atoms with Crippen molar-refractivity contribution in [2.75, 3.05) is 21.9 Å². The molecule has 1 N–H and O–H groups in total. The summed E-state index contributed by atoms with van der Waals surface area (Å²) in [6, 6.07) is 14.4. The van der Waals surface area contributed by atoms with Gasteiger partial charge < -0.3 is 5.32 Å². The third kappa shape index (κ3) is 3.28. The Labute approximate surface area is 142 Å². The van der Waals surface area contributed by atoms with Crippen LogP contribution in [0.1, 0.15) is 29.3 Å². The minimum Gasteiger partial charge on any atom is -0.322 e. The monoisotopic (exact) mass is 344 g/mol. The van der Waals surface area contributed by atoms with Crippen molar-refractivity contribution < 1.29 is 13.2 Å². The first-order valence-electron chi connectivity index (χ1n) is 8.01. The normalized spacial score (nSPS) is 16.1. The van der Waals surface area contributed by atoms with Gasteiger partial charge in [0.1, 0.15) is 0 Å². The molecule has 1 amide bonds. The Kier molecular flexibility index (Phi) is 4.57. The molecule has 126 valence electrons. The number of aryl methyl sites for hydroxylation is 1. The van der Waals surface area contributed by atoms with Gasteiger partial charge in [-0.2, -0.15) is 0 Å². The van der Waals surface area contributed by atoms with Gasteiger partial charge in [0.25, 0.3) is 5.91 Å². The summed E-state index contributed by atoms with van der Waals surface area (Å²) in [5, 5.41) is 2.91. The predicted octanol–water partition coefficient (Wildman–Crippen LogP) is 3.04. The molecular formula is C18H20N2O3S. The number of benzene rings is 2. The van der Waals surface area contributed by atoms with E-state index in [4.69, 9.17) is 0 Å². The van der Waals surface area contributed by atoms with E-state index in [2.05, 4.69) is 5.32 Å². The highest BCUT2D eigenvalue weighted by molar-refractivity contribution is 7.93. The Morgan fingerprint density at radius 2 is 1.83 bits per heavy atom.